The first kappa shape index (κ1) is 15.1. The molecule has 1 atom stereocenters. The number of likely N-dealkylation sites (tertiary alicyclic amines) is 1. The molecule has 0 aromatic carbocycles. The van der Waals surface area contributed by atoms with E-state index in [2.05, 4.69) is 17.1 Å². The summed E-state index contributed by atoms with van der Waals surface area (Å²) in [6, 6.07) is 3.66. The maximum absolute atomic E-state index is 12.3. The lowest BCUT2D eigenvalue weighted by atomic mass is 10.0. The van der Waals surface area contributed by atoms with Gasteiger partial charge in [-0.15, -0.1) is 10.2 Å². The zero-order valence-corrected chi connectivity index (χ0v) is 13.7. The van der Waals surface area contributed by atoms with Crippen LogP contribution in [0, 0.1) is 5.92 Å². The van der Waals surface area contributed by atoms with E-state index in [0.717, 1.165) is 24.7 Å². The zero-order valence-electron chi connectivity index (χ0n) is 12.9. The SMILES string of the molecule is C[C@H]1CCCN(C(=O)CSc2nnc(-c3ccco3)n2C)C1. The molecule has 0 saturated carbocycles. The van der Waals surface area contributed by atoms with Crippen LogP contribution in [0.25, 0.3) is 11.6 Å². The Labute approximate surface area is 133 Å². The van der Waals surface area contributed by atoms with E-state index in [0.29, 0.717) is 23.3 Å². The number of hydrogen-bond acceptors (Lipinski definition) is 5. The first-order valence-corrected chi connectivity index (χ1v) is 8.47. The predicted molar refractivity (Wildman–Crippen MR) is 84.4 cm³/mol. The maximum Gasteiger partial charge on any atom is 0.233 e. The summed E-state index contributed by atoms with van der Waals surface area (Å²) in [6.07, 6.45) is 3.93. The molecule has 2 aromatic heterocycles. The Morgan fingerprint density at radius 1 is 1.50 bits per heavy atom. The number of nitrogens with zero attached hydrogens (tertiary/aromatic N) is 4. The highest BCUT2D eigenvalue weighted by Crippen LogP contribution is 2.24. The fraction of sp³-hybridized carbons (Fsp3) is 0.533. The van der Waals surface area contributed by atoms with Gasteiger partial charge in [0.25, 0.3) is 0 Å². The standard InChI is InChI=1S/C15H20N4O2S/c1-11-5-3-7-19(9-11)13(20)10-22-15-17-16-14(18(15)2)12-6-4-8-21-12/h4,6,8,11H,3,5,7,9-10H2,1-2H3/t11-/m0/s1. The summed E-state index contributed by atoms with van der Waals surface area (Å²) in [6.45, 7) is 3.95. The molecule has 1 aliphatic heterocycles. The second-order valence-electron chi connectivity index (χ2n) is 5.72. The van der Waals surface area contributed by atoms with Crippen molar-refractivity contribution in [2.45, 2.75) is 24.9 Å². The number of carbonyl (C=O) groups is 1. The molecule has 0 N–H and O–H groups in total. The molecule has 1 amide bonds. The van der Waals surface area contributed by atoms with E-state index in [9.17, 15) is 4.79 Å². The van der Waals surface area contributed by atoms with Crippen LogP contribution >= 0.6 is 11.8 Å². The molecule has 0 bridgehead atoms. The van der Waals surface area contributed by atoms with Crippen LogP contribution in [0.5, 0.6) is 0 Å². The molecule has 0 aliphatic carbocycles. The van der Waals surface area contributed by atoms with Crippen molar-refractivity contribution in [3.63, 3.8) is 0 Å². The van der Waals surface area contributed by atoms with Crippen molar-refractivity contribution in [2.75, 3.05) is 18.8 Å². The van der Waals surface area contributed by atoms with Crippen molar-refractivity contribution in [2.24, 2.45) is 13.0 Å². The Morgan fingerprint density at radius 2 is 2.36 bits per heavy atom. The minimum atomic E-state index is 0.180. The molecule has 1 fully saturated rings. The first-order chi connectivity index (χ1) is 10.6. The fourth-order valence-electron chi connectivity index (χ4n) is 2.69. The minimum absolute atomic E-state index is 0.180. The molecule has 1 saturated heterocycles. The van der Waals surface area contributed by atoms with Gasteiger partial charge in [0.2, 0.25) is 5.91 Å². The largest absolute Gasteiger partial charge is 0.461 e. The molecule has 0 radical (unpaired) electrons. The molecule has 118 valence electrons. The van der Waals surface area contributed by atoms with Gasteiger partial charge in [0, 0.05) is 20.1 Å². The Kier molecular flexibility index (Phi) is 4.52. The molecule has 6 nitrogen and oxygen atoms in total. The van der Waals surface area contributed by atoms with Gasteiger partial charge in [0.1, 0.15) is 0 Å². The third kappa shape index (κ3) is 3.19. The quantitative estimate of drug-likeness (QED) is 0.810. The van der Waals surface area contributed by atoms with Crippen molar-refractivity contribution in [3.8, 4) is 11.6 Å². The molecular formula is C15H20N4O2S. The van der Waals surface area contributed by atoms with Crippen molar-refractivity contribution in [1.29, 1.82) is 0 Å². The van der Waals surface area contributed by atoms with E-state index in [4.69, 9.17) is 4.42 Å². The van der Waals surface area contributed by atoms with Gasteiger partial charge in [-0.1, -0.05) is 18.7 Å². The first-order valence-electron chi connectivity index (χ1n) is 7.49. The number of rotatable bonds is 4. The number of thioether (sulfide) groups is 1. The van der Waals surface area contributed by atoms with Gasteiger partial charge in [-0.3, -0.25) is 4.79 Å². The zero-order chi connectivity index (χ0) is 15.5. The van der Waals surface area contributed by atoms with Crippen LogP contribution in [0.3, 0.4) is 0 Å². The van der Waals surface area contributed by atoms with E-state index >= 15 is 0 Å². The summed E-state index contributed by atoms with van der Waals surface area (Å²) >= 11 is 1.42. The minimum Gasteiger partial charge on any atom is -0.461 e. The lowest BCUT2D eigenvalue weighted by Crippen LogP contribution is -2.40. The van der Waals surface area contributed by atoms with Gasteiger partial charge < -0.3 is 13.9 Å². The number of carbonyl (C=O) groups excluding carboxylic acids is 1. The third-order valence-electron chi connectivity index (χ3n) is 3.91. The second-order valence-corrected chi connectivity index (χ2v) is 6.66. The summed E-state index contributed by atoms with van der Waals surface area (Å²) in [5, 5.41) is 9.01. The van der Waals surface area contributed by atoms with Crippen molar-refractivity contribution in [3.05, 3.63) is 18.4 Å². The van der Waals surface area contributed by atoms with Crippen LogP contribution in [0.1, 0.15) is 19.8 Å². The molecule has 0 spiro atoms. The molecule has 22 heavy (non-hydrogen) atoms. The fourth-order valence-corrected chi connectivity index (χ4v) is 3.51. The summed E-state index contributed by atoms with van der Waals surface area (Å²) in [4.78, 5) is 14.3. The predicted octanol–water partition coefficient (Wildman–Crippen LogP) is 2.43. The highest BCUT2D eigenvalue weighted by molar-refractivity contribution is 7.99. The van der Waals surface area contributed by atoms with Crippen molar-refractivity contribution < 1.29 is 9.21 Å². The number of furan rings is 1. The summed E-state index contributed by atoms with van der Waals surface area (Å²) in [5.74, 6) is 2.53. The maximum atomic E-state index is 12.3. The van der Waals surface area contributed by atoms with Crippen molar-refractivity contribution in [1.82, 2.24) is 19.7 Å². The lowest BCUT2D eigenvalue weighted by molar-refractivity contribution is -0.130. The smallest absolute Gasteiger partial charge is 0.233 e. The van der Waals surface area contributed by atoms with E-state index in [1.54, 1.807) is 6.26 Å². The Balaban J connectivity index is 1.61. The van der Waals surface area contributed by atoms with Crippen LogP contribution in [0.4, 0.5) is 0 Å². The molecular weight excluding hydrogens is 300 g/mol. The topological polar surface area (TPSA) is 64.2 Å². The van der Waals surface area contributed by atoms with Crippen molar-refractivity contribution >= 4 is 17.7 Å². The monoisotopic (exact) mass is 320 g/mol. The Bertz CT molecular complexity index is 638. The van der Waals surface area contributed by atoms with Gasteiger partial charge in [0.15, 0.2) is 16.7 Å². The number of hydrogen-bond donors (Lipinski definition) is 0. The van der Waals surface area contributed by atoms with Crippen LogP contribution in [-0.4, -0.2) is 44.4 Å². The van der Waals surface area contributed by atoms with Crippen LogP contribution in [-0.2, 0) is 11.8 Å². The Hall–Kier alpha value is -1.76. The average molecular weight is 320 g/mol. The molecule has 1 aliphatic rings. The summed E-state index contributed by atoms with van der Waals surface area (Å²) < 4.78 is 7.20. The lowest BCUT2D eigenvalue weighted by Gasteiger charge is -2.30. The molecule has 3 rings (SSSR count). The molecule has 7 heteroatoms. The van der Waals surface area contributed by atoms with Gasteiger partial charge in [-0.2, -0.15) is 0 Å². The van der Waals surface area contributed by atoms with Crippen LogP contribution in [0.2, 0.25) is 0 Å². The average Bonchev–Trinajstić information content (AvgIpc) is 3.14. The number of piperidine rings is 1. The van der Waals surface area contributed by atoms with Gasteiger partial charge >= 0.3 is 0 Å². The number of aromatic nitrogens is 3. The highest BCUT2D eigenvalue weighted by Gasteiger charge is 2.22. The second kappa shape index (κ2) is 6.56. The van der Waals surface area contributed by atoms with E-state index in [-0.39, 0.29) is 5.91 Å². The van der Waals surface area contributed by atoms with Gasteiger partial charge in [0.05, 0.1) is 12.0 Å². The normalized spacial score (nSPS) is 18.6. The molecule has 3 heterocycles. The van der Waals surface area contributed by atoms with E-state index in [1.165, 1.54) is 18.2 Å². The summed E-state index contributed by atoms with van der Waals surface area (Å²) in [5.41, 5.74) is 0. The van der Waals surface area contributed by atoms with Gasteiger partial charge in [-0.05, 0) is 30.9 Å². The van der Waals surface area contributed by atoms with Gasteiger partial charge in [-0.25, -0.2) is 0 Å². The molecule has 0 unspecified atom stereocenters. The summed E-state index contributed by atoms with van der Waals surface area (Å²) in [7, 11) is 1.88. The number of amides is 1. The van der Waals surface area contributed by atoms with E-state index in [1.807, 2.05) is 28.6 Å². The molecule has 2 aromatic rings. The Morgan fingerprint density at radius 3 is 3.09 bits per heavy atom. The van der Waals surface area contributed by atoms with Crippen LogP contribution in [0.15, 0.2) is 28.0 Å². The van der Waals surface area contributed by atoms with Crippen LogP contribution < -0.4 is 0 Å². The third-order valence-corrected chi connectivity index (χ3v) is 4.92. The highest BCUT2D eigenvalue weighted by atomic mass is 32.2. The van der Waals surface area contributed by atoms with E-state index < -0.39 is 0 Å².